The Morgan fingerprint density at radius 2 is 1.96 bits per heavy atom. The molecule has 3 aromatic rings. The molecule has 0 aliphatic heterocycles. The van der Waals surface area contributed by atoms with Gasteiger partial charge in [-0.3, -0.25) is 4.57 Å². The lowest BCUT2D eigenvalue weighted by molar-refractivity contribution is 0.343. The summed E-state index contributed by atoms with van der Waals surface area (Å²) in [6, 6.07) is 11.8. The Bertz CT molecular complexity index is 1030. The molecule has 0 aliphatic carbocycles. The highest BCUT2D eigenvalue weighted by atomic mass is 35.5. The lowest BCUT2D eigenvalue weighted by atomic mass is 10.2. The molecule has 2 aromatic carbocycles. The average molecular weight is 424 g/mol. The van der Waals surface area contributed by atoms with E-state index in [0.717, 1.165) is 16.4 Å². The number of hydrogen-bond acceptors (Lipinski definition) is 5. The van der Waals surface area contributed by atoms with E-state index in [1.807, 2.05) is 35.9 Å². The number of nitrogens with zero attached hydrogens (tertiary/aromatic N) is 2. The van der Waals surface area contributed by atoms with E-state index in [9.17, 15) is 8.42 Å². The van der Waals surface area contributed by atoms with E-state index >= 15 is 0 Å². The molecule has 0 saturated heterocycles. The van der Waals surface area contributed by atoms with E-state index < -0.39 is 10.0 Å². The summed E-state index contributed by atoms with van der Waals surface area (Å²) in [4.78, 5) is 4.45. The van der Waals surface area contributed by atoms with Gasteiger partial charge in [-0.2, -0.15) is 0 Å². The van der Waals surface area contributed by atoms with Gasteiger partial charge in [-0.05, 0) is 48.9 Å². The number of sulfonamides is 1. The van der Waals surface area contributed by atoms with Crippen molar-refractivity contribution >= 4 is 33.4 Å². The van der Waals surface area contributed by atoms with Crippen molar-refractivity contribution in [3.63, 3.8) is 0 Å². The SMILES string of the molecule is Cc1c(Cl)cccc1-n1ccnc1SCCOc1ccc(S(N)(=O)=O)cc1. The molecule has 1 heterocycles. The van der Waals surface area contributed by atoms with Gasteiger partial charge in [0.1, 0.15) is 5.75 Å². The molecule has 0 radical (unpaired) electrons. The number of ether oxygens (including phenoxy) is 1. The largest absolute Gasteiger partial charge is 0.493 e. The van der Waals surface area contributed by atoms with Crippen molar-refractivity contribution in [3.8, 4) is 11.4 Å². The molecule has 0 amide bonds. The maximum absolute atomic E-state index is 11.2. The zero-order valence-electron chi connectivity index (χ0n) is 14.5. The van der Waals surface area contributed by atoms with Gasteiger partial charge >= 0.3 is 0 Å². The summed E-state index contributed by atoms with van der Waals surface area (Å²) in [6.07, 6.45) is 3.64. The summed E-state index contributed by atoms with van der Waals surface area (Å²) >= 11 is 7.77. The number of aromatic nitrogens is 2. The van der Waals surface area contributed by atoms with Crippen LogP contribution in [0.2, 0.25) is 5.02 Å². The molecule has 0 saturated carbocycles. The number of benzene rings is 2. The van der Waals surface area contributed by atoms with Crippen LogP contribution < -0.4 is 9.88 Å². The molecule has 0 unspecified atom stereocenters. The molecular formula is C18H18ClN3O3S2. The second-order valence-corrected chi connectivity index (χ2v) is 8.71. The maximum atomic E-state index is 11.2. The summed E-state index contributed by atoms with van der Waals surface area (Å²) in [6.45, 7) is 2.42. The lowest BCUT2D eigenvalue weighted by Gasteiger charge is -2.12. The lowest BCUT2D eigenvalue weighted by Crippen LogP contribution is -2.11. The van der Waals surface area contributed by atoms with Crippen molar-refractivity contribution in [2.24, 2.45) is 5.14 Å². The van der Waals surface area contributed by atoms with Crippen LogP contribution in [0.3, 0.4) is 0 Å². The minimum Gasteiger partial charge on any atom is -0.493 e. The Labute approximate surface area is 167 Å². The highest BCUT2D eigenvalue weighted by Crippen LogP contribution is 2.26. The van der Waals surface area contributed by atoms with E-state index in [4.69, 9.17) is 21.5 Å². The number of rotatable bonds is 7. The Kier molecular flexibility index (Phi) is 6.11. The molecule has 0 bridgehead atoms. The molecule has 0 fully saturated rings. The molecule has 9 heteroatoms. The van der Waals surface area contributed by atoms with E-state index in [2.05, 4.69) is 4.98 Å². The number of hydrogen-bond donors (Lipinski definition) is 1. The van der Waals surface area contributed by atoms with Gasteiger partial charge < -0.3 is 4.74 Å². The second-order valence-electron chi connectivity index (χ2n) is 5.68. The van der Waals surface area contributed by atoms with E-state index in [1.165, 1.54) is 12.1 Å². The van der Waals surface area contributed by atoms with Crippen molar-refractivity contribution in [1.82, 2.24) is 9.55 Å². The number of imidazole rings is 1. The molecule has 142 valence electrons. The van der Waals surface area contributed by atoms with E-state index in [-0.39, 0.29) is 4.90 Å². The van der Waals surface area contributed by atoms with Gasteiger partial charge in [0, 0.05) is 23.2 Å². The Morgan fingerprint density at radius 3 is 2.67 bits per heavy atom. The normalized spacial score (nSPS) is 11.5. The van der Waals surface area contributed by atoms with Crippen molar-refractivity contribution < 1.29 is 13.2 Å². The van der Waals surface area contributed by atoms with Crippen LogP contribution in [-0.4, -0.2) is 30.3 Å². The van der Waals surface area contributed by atoms with Crippen molar-refractivity contribution in [1.29, 1.82) is 0 Å². The molecule has 3 rings (SSSR count). The maximum Gasteiger partial charge on any atom is 0.238 e. The average Bonchev–Trinajstić information content (AvgIpc) is 3.09. The fourth-order valence-electron chi connectivity index (χ4n) is 2.45. The van der Waals surface area contributed by atoms with Crippen LogP contribution in [-0.2, 0) is 10.0 Å². The summed E-state index contributed by atoms with van der Waals surface area (Å²) in [5, 5.41) is 6.63. The van der Waals surface area contributed by atoms with Crippen molar-refractivity contribution in [2.45, 2.75) is 17.0 Å². The van der Waals surface area contributed by atoms with Gasteiger partial charge in [-0.25, -0.2) is 18.5 Å². The van der Waals surface area contributed by atoms with Gasteiger partial charge in [-0.15, -0.1) is 0 Å². The Hall–Kier alpha value is -2.00. The molecule has 0 spiro atoms. The summed E-state index contributed by atoms with van der Waals surface area (Å²) in [5.74, 6) is 1.25. The topological polar surface area (TPSA) is 87.2 Å². The molecule has 2 N–H and O–H groups in total. The minimum atomic E-state index is -3.69. The first-order valence-corrected chi connectivity index (χ1v) is 10.9. The predicted octanol–water partition coefficient (Wildman–Crippen LogP) is 3.65. The third kappa shape index (κ3) is 4.84. The fraction of sp³-hybridized carbons (Fsp3) is 0.167. The molecule has 1 aromatic heterocycles. The zero-order valence-corrected chi connectivity index (χ0v) is 16.9. The third-order valence-electron chi connectivity index (χ3n) is 3.84. The van der Waals surface area contributed by atoms with Crippen molar-refractivity contribution in [3.05, 3.63) is 65.4 Å². The van der Waals surface area contributed by atoms with Gasteiger partial charge in [0.05, 0.1) is 17.2 Å². The number of primary sulfonamides is 1. The Morgan fingerprint density at radius 1 is 1.22 bits per heavy atom. The van der Waals surface area contributed by atoms with Gasteiger partial charge in [0.25, 0.3) is 0 Å². The zero-order chi connectivity index (χ0) is 19.4. The molecule has 0 aliphatic rings. The molecule has 6 nitrogen and oxygen atoms in total. The number of halogens is 1. The van der Waals surface area contributed by atoms with Gasteiger partial charge in [-0.1, -0.05) is 29.4 Å². The first-order valence-electron chi connectivity index (χ1n) is 8.03. The summed E-state index contributed by atoms with van der Waals surface area (Å²) in [5.41, 5.74) is 1.98. The van der Waals surface area contributed by atoms with Crippen LogP contribution >= 0.6 is 23.4 Å². The van der Waals surface area contributed by atoms with Gasteiger partial charge in [0.2, 0.25) is 10.0 Å². The Balaban J connectivity index is 1.59. The summed E-state index contributed by atoms with van der Waals surface area (Å²) < 4.78 is 30.1. The number of nitrogens with two attached hydrogens (primary N) is 1. The van der Waals surface area contributed by atoms with Crippen LogP contribution in [0.25, 0.3) is 5.69 Å². The van der Waals surface area contributed by atoms with Crippen LogP contribution in [0.4, 0.5) is 0 Å². The van der Waals surface area contributed by atoms with Gasteiger partial charge in [0.15, 0.2) is 5.16 Å². The molecule has 0 atom stereocenters. The van der Waals surface area contributed by atoms with E-state index in [1.54, 1.807) is 30.1 Å². The monoisotopic (exact) mass is 423 g/mol. The van der Waals surface area contributed by atoms with Crippen LogP contribution in [0.1, 0.15) is 5.56 Å². The highest BCUT2D eigenvalue weighted by molar-refractivity contribution is 7.99. The second kappa shape index (κ2) is 8.35. The smallest absolute Gasteiger partial charge is 0.238 e. The van der Waals surface area contributed by atoms with E-state index in [0.29, 0.717) is 23.1 Å². The van der Waals surface area contributed by atoms with Crippen LogP contribution in [0.5, 0.6) is 5.75 Å². The summed E-state index contributed by atoms with van der Waals surface area (Å²) in [7, 11) is -3.69. The predicted molar refractivity (Wildman–Crippen MR) is 107 cm³/mol. The van der Waals surface area contributed by atoms with Crippen molar-refractivity contribution in [2.75, 3.05) is 12.4 Å². The third-order valence-corrected chi connectivity index (χ3v) is 6.11. The fourth-order valence-corrected chi connectivity index (χ4v) is 3.92. The standard InChI is InChI=1S/C18H18ClN3O3S2/c1-13-16(19)3-2-4-17(13)22-10-9-21-18(22)26-12-11-25-14-5-7-15(8-6-14)27(20,23)24/h2-10H,11-12H2,1H3,(H2,20,23,24). The van der Waals surface area contributed by atoms with Crippen LogP contribution in [0.15, 0.2) is 64.9 Å². The first-order chi connectivity index (χ1) is 12.9. The quantitative estimate of drug-likeness (QED) is 0.463. The highest BCUT2D eigenvalue weighted by Gasteiger charge is 2.10. The van der Waals surface area contributed by atoms with Crippen LogP contribution in [0, 0.1) is 6.92 Å². The molecular weight excluding hydrogens is 406 g/mol. The first kappa shape index (κ1) is 19.8. The number of thioether (sulfide) groups is 1. The molecule has 27 heavy (non-hydrogen) atoms. The minimum absolute atomic E-state index is 0.0585.